The molecule has 140 valence electrons. The van der Waals surface area contributed by atoms with Gasteiger partial charge in [-0.3, -0.25) is 13.8 Å². The van der Waals surface area contributed by atoms with E-state index in [0.29, 0.717) is 12.8 Å². The van der Waals surface area contributed by atoms with Crippen molar-refractivity contribution in [2.24, 2.45) is 0 Å². The normalized spacial score (nSPS) is 13.7. The molecule has 0 aliphatic carbocycles. The van der Waals surface area contributed by atoms with Gasteiger partial charge in [-0.15, -0.1) is 0 Å². The van der Waals surface area contributed by atoms with E-state index in [2.05, 4.69) is 9.50 Å². The van der Waals surface area contributed by atoms with Crippen LogP contribution in [-0.2, 0) is 35.0 Å². The minimum Gasteiger partial charge on any atom is -0.427 e. The summed E-state index contributed by atoms with van der Waals surface area (Å²) in [6, 6.07) is 5.71. The zero-order valence-corrected chi connectivity index (χ0v) is 14.7. The molecule has 0 bridgehead atoms. The highest BCUT2D eigenvalue weighted by molar-refractivity contribution is 7.86. The van der Waals surface area contributed by atoms with Crippen LogP contribution in [0.4, 0.5) is 0 Å². The van der Waals surface area contributed by atoms with Crippen molar-refractivity contribution in [2.75, 3.05) is 20.0 Å². The average Bonchev–Trinajstić information content (AvgIpc) is 2.60. The molecule has 0 aliphatic heterocycles. The summed E-state index contributed by atoms with van der Waals surface area (Å²) in [6.07, 6.45) is -0.723. The Labute approximate surface area is 146 Å². The first-order valence-electron chi connectivity index (χ1n) is 7.29. The minimum absolute atomic E-state index is 0.246. The van der Waals surface area contributed by atoms with Crippen molar-refractivity contribution in [3.8, 4) is 5.75 Å². The summed E-state index contributed by atoms with van der Waals surface area (Å²) in [4.78, 5) is 22.2. The van der Waals surface area contributed by atoms with Gasteiger partial charge in [0, 0.05) is 7.11 Å². The highest BCUT2D eigenvalue weighted by Gasteiger charge is 2.18. The SMILES string of the molecule is COC(O)C(Cc1ccc(OC(=O)CCS(=O)(=O)OC)cc1)NC=O. The van der Waals surface area contributed by atoms with E-state index >= 15 is 0 Å². The molecule has 0 aliphatic rings. The van der Waals surface area contributed by atoms with E-state index in [1.165, 1.54) is 19.2 Å². The number of aliphatic hydroxyl groups excluding tert-OH is 1. The lowest BCUT2D eigenvalue weighted by Gasteiger charge is -2.21. The summed E-state index contributed by atoms with van der Waals surface area (Å²) < 4.78 is 36.3. The van der Waals surface area contributed by atoms with Crippen molar-refractivity contribution >= 4 is 22.5 Å². The smallest absolute Gasteiger partial charge is 0.312 e. The van der Waals surface area contributed by atoms with Gasteiger partial charge in [-0.05, 0) is 24.1 Å². The molecule has 2 unspecified atom stereocenters. The van der Waals surface area contributed by atoms with Crippen molar-refractivity contribution in [3.05, 3.63) is 29.8 Å². The Bertz CT molecular complexity index is 659. The minimum atomic E-state index is -3.72. The molecule has 1 amide bonds. The van der Waals surface area contributed by atoms with Gasteiger partial charge in [0.15, 0.2) is 6.29 Å². The number of methoxy groups -OCH3 is 1. The molecule has 0 heterocycles. The van der Waals surface area contributed by atoms with Crippen molar-refractivity contribution in [3.63, 3.8) is 0 Å². The standard InChI is InChI=1S/C15H21NO8S/c1-22-15(19)13(16-10-17)9-11-3-5-12(6-4-11)24-14(18)7-8-25(20,21)23-2/h3-6,10,13,15,19H,7-9H2,1-2H3,(H,16,17). The molecule has 1 rings (SSSR count). The second kappa shape index (κ2) is 10.1. The highest BCUT2D eigenvalue weighted by Crippen LogP contribution is 2.15. The predicted molar refractivity (Wildman–Crippen MR) is 87.2 cm³/mol. The molecule has 2 N–H and O–H groups in total. The summed E-state index contributed by atoms with van der Waals surface area (Å²) >= 11 is 0. The van der Waals surface area contributed by atoms with Gasteiger partial charge in [0.2, 0.25) is 6.41 Å². The van der Waals surface area contributed by atoms with Crippen LogP contribution in [0.15, 0.2) is 24.3 Å². The van der Waals surface area contributed by atoms with Gasteiger partial charge in [-0.25, -0.2) is 0 Å². The molecule has 9 nitrogen and oxygen atoms in total. The van der Waals surface area contributed by atoms with Crippen LogP contribution in [0.5, 0.6) is 5.75 Å². The Balaban J connectivity index is 2.60. The van der Waals surface area contributed by atoms with Crippen LogP contribution in [0.3, 0.4) is 0 Å². The molecule has 10 heteroatoms. The van der Waals surface area contributed by atoms with Crippen molar-refractivity contribution in [2.45, 2.75) is 25.2 Å². The van der Waals surface area contributed by atoms with Crippen LogP contribution < -0.4 is 10.1 Å². The molecule has 0 radical (unpaired) electrons. The van der Waals surface area contributed by atoms with Crippen LogP contribution in [0, 0.1) is 0 Å². The molecule has 0 aromatic heterocycles. The Morgan fingerprint density at radius 3 is 2.44 bits per heavy atom. The molecule has 2 atom stereocenters. The lowest BCUT2D eigenvalue weighted by Crippen LogP contribution is -2.41. The number of aliphatic hydroxyl groups is 1. The first-order valence-corrected chi connectivity index (χ1v) is 8.87. The lowest BCUT2D eigenvalue weighted by molar-refractivity contribution is -0.134. The van der Waals surface area contributed by atoms with Crippen LogP contribution in [-0.4, -0.2) is 58.2 Å². The Morgan fingerprint density at radius 1 is 1.28 bits per heavy atom. The first kappa shape index (κ1) is 21.0. The number of benzene rings is 1. The molecule has 1 aromatic rings. The molecule has 0 saturated carbocycles. The zero-order chi connectivity index (χ0) is 18.9. The first-order chi connectivity index (χ1) is 11.8. The van der Waals surface area contributed by atoms with Crippen LogP contribution >= 0.6 is 0 Å². The van der Waals surface area contributed by atoms with E-state index in [-0.39, 0.29) is 12.2 Å². The van der Waals surface area contributed by atoms with Crippen molar-refractivity contribution in [1.82, 2.24) is 5.32 Å². The van der Waals surface area contributed by atoms with E-state index in [4.69, 9.17) is 9.47 Å². The molecule has 1 aromatic carbocycles. The zero-order valence-electron chi connectivity index (χ0n) is 13.9. The average molecular weight is 375 g/mol. The van der Waals surface area contributed by atoms with E-state index in [1.807, 2.05) is 0 Å². The van der Waals surface area contributed by atoms with Gasteiger partial charge < -0.3 is 19.9 Å². The summed E-state index contributed by atoms with van der Waals surface area (Å²) in [5.41, 5.74) is 0.761. The predicted octanol–water partition coefficient (Wildman–Crippen LogP) is -0.420. The lowest BCUT2D eigenvalue weighted by atomic mass is 10.1. The van der Waals surface area contributed by atoms with Gasteiger partial charge in [-0.2, -0.15) is 8.42 Å². The van der Waals surface area contributed by atoms with E-state index in [9.17, 15) is 23.1 Å². The third-order valence-electron chi connectivity index (χ3n) is 3.29. The third kappa shape index (κ3) is 7.61. The van der Waals surface area contributed by atoms with E-state index in [1.54, 1.807) is 12.1 Å². The Morgan fingerprint density at radius 2 is 1.92 bits per heavy atom. The number of carbonyl (C=O) groups is 2. The highest BCUT2D eigenvalue weighted by atomic mass is 32.2. The van der Waals surface area contributed by atoms with E-state index < -0.39 is 34.2 Å². The summed E-state index contributed by atoms with van der Waals surface area (Å²) in [5, 5.41) is 12.1. The van der Waals surface area contributed by atoms with Crippen LogP contribution in [0.1, 0.15) is 12.0 Å². The van der Waals surface area contributed by atoms with Gasteiger partial charge in [0.25, 0.3) is 10.1 Å². The fraction of sp³-hybridized carbons (Fsp3) is 0.467. The van der Waals surface area contributed by atoms with E-state index in [0.717, 1.165) is 12.7 Å². The summed E-state index contributed by atoms with van der Waals surface area (Å²) in [6.45, 7) is 0. The fourth-order valence-electron chi connectivity index (χ4n) is 1.92. The van der Waals surface area contributed by atoms with Gasteiger partial charge in [0.1, 0.15) is 5.75 Å². The second-order valence-electron chi connectivity index (χ2n) is 5.02. The fourth-order valence-corrected chi connectivity index (χ4v) is 2.50. The van der Waals surface area contributed by atoms with Crippen LogP contribution in [0.25, 0.3) is 0 Å². The number of hydrogen-bond donors (Lipinski definition) is 2. The number of carbonyl (C=O) groups excluding carboxylic acids is 2. The molecular weight excluding hydrogens is 354 g/mol. The van der Waals surface area contributed by atoms with Crippen molar-refractivity contribution in [1.29, 1.82) is 0 Å². The summed E-state index contributed by atoms with van der Waals surface area (Å²) in [7, 11) is -1.38. The van der Waals surface area contributed by atoms with Crippen LogP contribution in [0.2, 0.25) is 0 Å². The quantitative estimate of drug-likeness (QED) is 0.175. The largest absolute Gasteiger partial charge is 0.427 e. The number of ether oxygens (including phenoxy) is 2. The maximum Gasteiger partial charge on any atom is 0.312 e. The third-order valence-corrected chi connectivity index (χ3v) is 4.50. The number of esters is 1. The molecule has 0 fully saturated rings. The molecular formula is C15H21NO8S. The topological polar surface area (TPSA) is 128 Å². The maximum absolute atomic E-state index is 11.6. The van der Waals surface area contributed by atoms with Gasteiger partial charge in [0.05, 0.1) is 25.3 Å². The number of nitrogens with one attached hydrogen (secondary N) is 1. The number of amides is 1. The Kier molecular flexibility index (Phi) is 8.49. The second-order valence-corrected chi connectivity index (χ2v) is 6.87. The monoisotopic (exact) mass is 375 g/mol. The number of hydrogen-bond acceptors (Lipinski definition) is 8. The molecule has 0 saturated heterocycles. The van der Waals surface area contributed by atoms with Crippen molar-refractivity contribution < 1.29 is 36.8 Å². The number of rotatable bonds is 11. The Hall–Kier alpha value is -2.01. The summed E-state index contributed by atoms with van der Waals surface area (Å²) in [5.74, 6) is -0.923. The maximum atomic E-state index is 11.6. The molecule has 0 spiro atoms. The molecule has 25 heavy (non-hydrogen) atoms. The van der Waals surface area contributed by atoms with Gasteiger partial charge in [-0.1, -0.05) is 12.1 Å². The van der Waals surface area contributed by atoms with Gasteiger partial charge >= 0.3 is 5.97 Å².